The SMILES string of the molecule is COC(=O)c1cccc(NC(=O)CN(C(C)=O)C(C)c2ccccc2)c1. The van der Waals surface area contributed by atoms with E-state index in [1.807, 2.05) is 37.3 Å². The molecule has 0 saturated carbocycles. The molecule has 2 amide bonds. The smallest absolute Gasteiger partial charge is 0.337 e. The highest BCUT2D eigenvalue weighted by atomic mass is 16.5. The number of carbonyl (C=O) groups is 3. The number of esters is 1. The Balaban J connectivity index is 2.09. The first-order valence-electron chi connectivity index (χ1n) is 8.22. The van der Waals surface area contributed by atoms with Gasteiger partial charge < -0.3 is 15.0 Å². The number of ether oxygens (including phenoxy) is 1. The molecule has 1 atom stereocenters. The second-order valence-corrected chi connectivity index (χ2v) is 5.85. The van der Waals surface area contributed by atoms with E-state index in [1.54, 1.807) is 18.2 Å². The lowest BCUT2D eigenvalue weighted by atomic mass is 10.1. The number of methoxy groups -OCH3 is 1. The summed E-state index contributed by atoms with van der Waals surface area (Å²) in [4.78, 5) is 37.5. The number of hydrogen-bond acceptors (Lipinski definition) is 4. The van der Waals surface area contributed by atoms with E-state index in [0.29, 0.717) is 11.3 Å². The summed E-state index contributed by atoms with van der Waals surface area (Å²) in [6.45, 7) is 3.22. The van der Waals surface area contributed by atoms with E-state index in [4.69, 9.17) is 0 Å². The maximum atomic E-state index is 12.4. The van der Waals surface area contributed by atoms with Crippen molar-refractivity contribution in [1.29, 1.82) is 0 Å². The zero-order valence-electron chi connectivity index (χ0n) is 15.1. The predicted molar refractivity (Wildman–Crippen MR) is 98.7 cm³/mol. The molecule has 6 heteroatoms. The molecular formula is C20H22N2O4. The third kappa shape index (κ3) is 4.92. The fourth-order valence-corrected chi connectivity index (χ4v) is 2.63. The van der Waals surface area contributed by atoms with E-state index < -0.39 is 5.97 Å². The van der Waals surface area contributed by atoms with E-state index in [-0.39, 0.29) is 24.4 Å². The second-order valence-electron chi connectivity index (χ2n) is 5.85. The van der Waals surface area contributed by atoms with Crippen molar-refractivity contribution in [3.8, 4) is 0 Å². The van der Waals surface area contributed by atoms with Gasteiger partial charge in [-0.05, 0) is 30.7 Å². The molecule has 0 aliphatic heterocycles. The summed E-state index contributed by atoms with van der Waals surface area (Å²) in [6.07, 6.45) is 0. The van der Waals surface area contributed by atoms with E-state index in [1.165, 1.54) is 25.0 Å². The van der Waals surface area contributed by atoms with Gasteiger partial charge in [0.15, 0.2) is 0 Å². The highest BCUT2D eigenvalue weighted by Gasteiger charge is 2.21. The number of anilines is 1. The zero-order chi connectivity index (χ0) is 19.1. The van der Waals surface area contributed by atoms with Crippen molar-refractivity contribution in [1.82, 2.24) is 4.90 Å². The Labute approximate surface area is 152 Å². The molecule has 0 aliphatic carbocycles. The summed E-state index contributed by atoms with van der Waals surface area (Å²) in [5, 5.41) is 2.71. The fourth-order valence-electron chi connectivity index (χ4n) is 2.63. The lowest BCUT2D eigenvalue weighted by molar-refractivity contribution is -0.134. The van der Waals surface area contributed by atoms with Crippen molar-refractivity contribution < 1.29 is 19.1 Å². The van der Waals surface area contributed by atoms with Crippen LogP contribution in [0, 0.1) is 0 Å². The molecule has 0 saturated heterocycles. The normalized spacial score (nSPS) is 11.3. The molecule has 0 aromatic heterocycles. The van der Waals surface area contributed by atoms with Crippen molar-refractivity contribution >= 4 is 23.5 Å². The van der Waals surface area contributed by atoms with Crippen molar-refractivity contribution in [3.05, 3.63) is 65.7 Å². The zero-order valence-corrected chi connectivity index (χ0v) is 15.1. The van der Waals surface area contributed by atoms with Crippen LogP contribution in [0.2, 0.25) is 0 Å². The predicted octanol–water partition coefficient (Wildman–Crippen LogP) is 3.02. The van der Waals surface area contributed by atoms with Gasteiger partial charge >= 0.3 is 5.97 Å². The Morgan fingerprint density at radius 1 is 1.08 bits per heavy atom. The monoisotopic (exact) mass is 354 g/mol. The van der Waals surface area contributed by atoms with Crippen molar-refractivity contribution in [3.63, 3.8) is 0 Å². The van der Waals surface area contributed by atoms with E-state index >= 15 is 0 Å². The van der Waals surface area contributed by atoms with Crippen molar-refractivity contribution in [2.24, 2.45) is 0 Å². The molecule has 6 nitrogen and oxygen atoms in total. The van der Waals surface area contributed by atoms with Crippen LogP contribution in [0.25, 0.3) is 0 Å². The molecule has 0 heterocycles. The van der Waals surface area contributed by atoms with Crippen LogP contribution in [-0.2, 0) is 14.3 Å². The van der Waals surface area contributed by atoms with Gasteiger partial charge in [0.05, 0.1) is 18.7 Å². The van der Waals surface area contributed by atoms with E-state index in [2.05, 4.69) is 10.1 Å². The van der Waals surface area contributed by atoms with Gasteiger partial charge in [-0.25, -0.2) is 4.79 Å². The Kier molecular flexibility index (Phi) is 6.49. The molecule has 0 bridgehead atoms. The molecule has 0 fully saturated rings. The Hall–Kier alpha value is -3.15. The van der Waals surface area contributed by atoms with Crippen LogP contribution in [0.3, 0.4) is 0 Å². The average Bonchev–Trinajstić information content (AvgIpc) is 2.65. The Bertz CT molecular complexity index is 789. The summed E-state index contributed by atoms with van der Waals surface area (Å²) in [6, 6.07) is 15.7. The lowest BCUT2D eigenvalue weighted by Gasteiger charge is -2.28. The van der Waals surface area contributed by atoms with Gasteiger partial charge in [0.2, 0.25) is 11.8 Å². The van der Waals surface area contributed by atoms with Crippen LogP contribution in [0.5, 0.6) is 0 Å². The molecule has 2 aromatic rings. The fraction of sp³-hybridized carbons (Fsp3) is 0.250. The molecular weight excluding hydrogens is 332 g/mol. The van der Waals surface area contributed by atoms with Gasteiger partial charge in [-0.1, -0.05) is 36.4 Å². The molecule has 136 valence electrons. The van der Waals surface area contributed by atoms with Crippen molar-refractivity contribution in [2.45, 2.75) is 19.9 Å². The van der Waals surface area contributed by atoms with Crippen LogP contribution in [0.15, 0.2) is 54.6 Å². The number of nitrogens with zero attached hydrogens (tertiary/aromatic N) is 1. The number of benzene rings is 2. The Morgan fingerprint density at radius 3 is 2.38 bits per heavy atom. The van der Waals surface area contributed by atoms with Gasteiger partial charge in [-0.15, -0.1) is 0 Å². The summed E-state index contributed by atoms with van der Waals surface area (Å²) < 4.78 is 4.67. The first kappa shape index (κ1) is 19.2. The Morgan fingerprint density at radius 2 is 1.77 bits per heavy atom. The second kappa shape index (κ2) is 8.80. The first-order chi connectivity index (χ1) is 12.4. The molecule has 26 heavy (non-hydrogen) atoms. The largest absolute Gasteiger partial charge is 0.465 e. The van der Waals surface area contributed by atoms with E-state index in [9.17, 15) is 14.4 Å². The summed E-state index contributed by atoms with van der Waals surface area (Å²) in [7, 11) is 1.29. The highest BCUT2D eigenvalue weighted by Crippen LogP contribution is 2.20. The van der Waals surface area contributed by atoms with Crippen molar-refractivity contribution in [2.75, 3.05) is 19.0 Å². The van der Waals surface area contributed by atoms with Gasteiger partial charge in [-0.3, -0.25) is 9.59 Å². The third-order valence-corrected chi connectivity index (χ3v) is 4.04. The minimum Gasteiger partial charge on any atom is -0.465 e. The average molecular weight is 354 g/mol. The van der Waals surface area contributed by atoms with Crippen LogP contribution in [-0.4, -0.2) is 36.3 Å². The molecule has 0 radical (unpaired) electrons. The van der Waals surface area contributed by atoms with Crippen LogP contribution >= 0.6 is 0 Å². The number of amides is 2. The van der Waals surface area contributed by atoms with Crippen LogP contribution in [0.1, 0.15) is 35.8 Å². The first-order valence-corrected chi connectivity index (χ1v) is 8.22. The molecule has 1 unspecified atom stereocenters. The summed E-state index contributed by atoms with van der Waals surface area (Å²) >= 11 is 0. The number of hydrogen-bond donors (Lipinski definition) is 1. The molecule has 0 aliphatic rings. The molecule has 2 aromatic carbocycles. The topological polar surface area (TPSA) is 75.7 Å². The third-order valence-electron chi connectivity index (χ3n) is 4.04. The van der Waals surface area contributed by atoms with Crippen LogP contribution < -0.4 is 5.32 Å². The minimum atomic E-state index is -0.482. The number of rotatable bonds is 6. The van der Waals surface area contributed by atoms with E-state index in [0.717, 1.165) is 5.56 Å². The maximum absolute atomic E-state index is 12.4. The quantitative estimate of drug-likeness (QED) is 0.809. The number of nitrogens with one attached hydrogen (secondary N) is 1. The standard InChI is InChI=1S/C20H22N2O4/c1-14(16-8-5-4-6-9-16)22(15(2)23)13-19(24)21-18-11-7-10-17(12-18)20(25)26-3/h4-12,14H,13H2,1-3H3,(H,21,24). The van der Waals surface area contributed by atoms with Gasteiger partial charge in [0.25, 0.3) is 0 Å². The highest BCUT2D eigenvalue weighted by molar-refractivity contribution is 5.96. The van der Waals surface area contributed by atoms with Gasteiger partial charge in [0, 0.05) is 12.6 Å². The molecule has 1 N–H and O–H groups in total. The summed E-state index contributed by atoms with van der Waals surface area (Å²) in [5.41, 5.74) is 1.75. The van der Waals surface area contributed by atoms with Gasteiger partial charge in [-0.2, -0.15) is 0 Å². The summed E-state index contributed by atoms with van der Waals surface area (Å²) in [5.74, 6) is -1.02. The lowest BCUT2D eigenvalue weighted by Crippen LogP contribution is -2.38. The minimum absolute atomic E-state index is 0.0894. The molecule has 2 rings (SSSR count). The number of carbonyl (C=O) groups excluding carboxylic acids is 3. The molecule has 0 spiro atoms. The van der Waals surface area contributed by atoms with Gasteiger partial charge in [0.1, 0.15) is 6.54 Å². The van der Waals surface area contributed by atoms with Crippen LogP contribution in [0.4, 0.5) is 5.69 Å². The maximum Gasteiger partial charge on any atom is 0.337 e.